The van der Waals surface area contributed by atoms with Crippen LogP contribution >= 0.6 is 0 Å². The number of hydrogen-bond acceptors (Lipinski definition) is 1. The van der Waals surface area contributed by atoms with Crippen LogP contribution in [0.4, 0.5) is 0 Å². The van der Waals surface area contributed by atoms with Crippen LogP contribution in [0, 0.1) is 35.0 Å². The molecule has 2 aliphatic rings. The van der Waals surface area contributed by atoms with E-state index in [9.17, 15) is 4.79 Å². The fraction of sp³-hybridized carbons (Fsp3) is 0.875. The number of carbonyl (C=O) groups is 1. The van der Waals surface area contributed by atoms with Gasteiger partial charge in [-0.25, -0.2) is 0 Å². The van der Waals surface area contributed by atoms with Crippen molar-refractivity contribution in [3.63, 3.8) is 0 Å². The normalized spacial score (nSPS) is 33.5. The lowest BCUT2D eigenvalue weighted by molar-refractivity contribution is -0.132. The maximum atomic E-state index is 12.8. The Hall–Kier alpha value is -0.590. The van der Waals surface area contributed by atoms with Gasteiger partial charge in [-0.15, -0.1) is 6.58 Å². The molecule has 0 heterocycles. The van der Waals surface area contributed by atoms with Gasteiger partial charge in [-0.2, -0.15) is 0 Å². The van der Waals surface area contributed by atoms with E-state index < -0.39 is 0 Å². The van der Waals surface area contributed by atoms with E-state index in [2.05, 4.69) is 34.3 Å². The minimum Gasteiger partial charge on any atom is -0.299 e. The SMILES string of the molecule is C=CCCCC[C@H]1CC(=O)[C@@H]2CC[C@H]([C@H](C)CCCC(C)C)[C@@]2(C)C1. The molecule has 0 aromatic carbocycles. The molecule has 2 aliphatic carbocycles. The third kappa shape index (κ3) is 5.20. The first-order valence-corrected chi connectivity index (χ1v) is 11.0. The molecule has 2 rings (SSSR count). The summed E-state index contributed by atoms with van der Waals surface area (Å²) in [7, 11) is 0. The quantitative estimate of drug-likeness (QED) is 0.302. The summed E-state index contributed by atoms with van der Waals surface area (Å²) < 4.78 is 0. The molecule has 1 nitrogen and oxygen atoms in total. The molecule has 0 saturated heterocycles. The molecule has 0 aromatic rings. The summed E-state index contributed by atoms with van der Waals surface area (Å²) >= 11 is 0. The van der Waals surface area contributed by atoms with Crippen molar-refractivity contribution in [2.75, 3.05) is 0 Å². The van der Waals surface area contributed by atoms with E-state index in [1.807, 2.05) is 6.08 Å². The zero-order chi connectivity index (χ0) is 18.4. The Morgan fingerprint density at radius 2 is 1.92 bits per heavy atom. The van der Waals surface area contributed by atoms with Crippen LogP contribution in [-0.2, 0) is 4.79 Å². The van der Waals surface area contributed by atoms with Gasteiger partial charge in [-0.3, -0.25) is 4.79 Å². The molecule has 0 amide bonds. The van der Waals surface area contributed by atoms with Gasteiger partial charge in [-0.1, -0.05) is 59.5 Å². The topological polar surface area (TPSA) is 17.1 Å². The standard InChI is InChI=1S/C24H42O/c1-6-7-8-9-13-20-16-23(25)22-15-14-21(24(22,5)17-20)19(4)12-10-11-18(2)3/h6,18-22H,1,7-17H2,2-5H3/t19-,20+,21-,22+,24-/m1/s1. The van der Waals surface area contributed by atoms with Crippen LogP contribution in [0.1, 0.15) is 98.3 Å². The minimum absolute atomic E-state index is 0.287. The number of hydrogen-bond donors (Lipinski definition) is 0. The van der Waals surface area contributed by atoms with Gasteiger partial charge in [0.15, 0.2) is 0 Å². The lowest BCUT2D eigenvalue weighted by atomic mass is 9.58. The second-order valence-corrected chi connectivity index (χ2v) is 9.86. The third-order valence-corrected chi connectivity index (χ3v) is 7.41. The highest BCUT2D eigenvalue weighted by Gasteiger charge is 2.54. The monoisotopic (exact) mass is 346 g/mol. The van der Waals surface area contributed by atoms with Crippen molar-refractivity contribution in [3.05, 3.63) is 12.7 Å². The molecule has 5 atom stereocenters. The molecule has 0 aliphatic heterocycles. The van der Waals surface area contributed by atoms with Crippen molar-refractivity contribution in [2.24, 2.45) is 35.0 Å². The molecule has 2 fully saturated rings. The highest BCUT2D eigenvalue weighted by atomic mass is 16.1. The van der Waals surface area contributed by atoms with Crippen molar-refractivity contribution in [1.82, 2.24) is 0 Å². The molecule has 0 spiro atoms. The van der Waals surface area contributed by atoms with E-state index >= 15 is 0 Å². The lowest BCUT2D eigenvalue weighted by Crippen LogP contribution is -2.42. The second-order valence-electron chi connectivity index (χ2n) is 9.86. The highest BCUT2D eigenvalue weighted by Crippen LogP contribution is 2.58. The number of Topliss-reactive ketones (excluding diaryl/α,β-unsaturated/α-hetero) is 1. The summed E-state index contributed by atoms with van der Waals surface area (Å²) in [4.78, 5) is 12.8. The van der Waals surface area contributed by atoms with E-state index in [1.54, 1.807) is 0 Å². The number of unbranched alkanes of at least 4 members (excludes halogenated alkanes) is 2. The Morgan fingerprint density at radius 3 is 2.60 bits per heavy atom. The maximum absolute atomic E-state index is 12.8. The molecule has 0 radical (unpaired) electrons. The van der Waals surface area contributed by atoms with Crippen molar-refractivity contribution >= 4 is 5.78 Å². The summed E-state index contributed by atoms with van der Waals surface area (Å²) in [5.74, 6) is 3.97. The second kappa shape index (κ2) is 9.38. The van der Waals surface area contributed by atoms with Gasteiger partial charge in [0.25, 0.3) is 0 Å². The molecule has 144 valence electrons. The molecule has 25 heavy (non-hydrogen) atoms. The summed E-state index contributed by atoms with van der Waals surface area (Å²) in [5, 5.41) is 0. The lowest BCUT2D eigenvalue weighted by Gasteiger charge is -2.45. The number of allylic oxidation sites excluding steroid dienone is 1. The molecule has 0 aromatic heterocycles. The van der Waals surface area contributed by atoms with Crippen LogP contribution in [-0.4, -0.2) is 5.78 Å². The summed E-state index contributed by atoms with van der Waals surface area (Å²) in [6.07, 6.45) is 15.6. The molecule has 0 N–H and O–H groups in total. The van der Waals surface area contributed by atoms with Crippen molar-refractivity contribution in [3.8, 4) is 0 Å². The average Bonchev–Trinajstić information content (AvgIpc) is 2.88. The highest BCUT2D eigenvalue weighted by molar-refractivity contribution is 5.83. The van der Waals surface area contributed by atoms with Gasteiger partial charge >= 0.3 is 0 Å². The Kier molecular flexibility index (Phi) is 7.77. The molecule has 2 saturated carbocycles. The van der Waals surface area contributed by atoms with Gasteiger partial charge in [0, 0.05) is 12.3 Å². The number of fused-ring (bicyclic) bond motifs is 1. The van der Waals surface area contributed by atoms with E-state index in [0.717, 1.165) is 37.0 Å². The Labute approximate surface area is 157 Å². The summed E-state index contributed by atoms with van der Waals surface area (Å²) in [6, 6.07) is 0. The summed E-state index contributed by atoms with van der Waals surface area (Å²) in [6.45, 7) is 13.4. The van der Waals surface area contributed by atoms with Crippen molar-refractivity contribution in [1.29, 1.82) is 0 Å². The number of ketones is 1. The average molecular weight is 347 g/mol. The van der Waals surface area contributed by atoms with Crippen molar-refractivity contribution in [2.45, 2.75) is 98.3 Å². The maximum Gasteiger partial charge on any atom is 0.136 e. The van der Waals surface area contributed by atoms with Crippen LogP contribution in [0.5, 0.6) is 0 Å². The Balaban J connectivity index is 1.95. The van der Waals surface area contributed by atoms with Gasteiger partial charge in [-0.05, 0) is 67.6 Å². The van der Waals surface area contributed by atoms with E-state index in [4.69, 9.17) is 0 Å². The fourth-order valence-corrected chi connectivity index (χ4v) is 6.12. The minimum atomic E-state index is 0.287. The van der Waals surface area contributed by atoms with E-state index in [0.29, 0.717) is 17.6 Å². The number of carbonyl (C=O) groups excluding carboxylic acids is 1. The third-order valence-electron chi connectivity index (χ3n) is 7.41. The zero-order valence-corrected chi connectivity index (χ0v) is 17.4. The molecule has 1 heteroatoms. The van der Waals surface area contributed by atoms with E-state index in [1.165, 1.54) is 51.4 Å². The Bertz CT molecular complexity index is 437. The van der Waals surface area contributed by atoms with E-state index in [-0.39, 0.29) is 5.41 Å². The van der Waals surface area contributed by atoms with Crippen LogP contribution < -0.4 is 0 Å². The van der Waals surface area contributed by atoms with Gasteiger partial charge in [0.2, 0.25) is 0 Å². The smallest absolute Gasteiger partial charge is 0.136 e. The Morgan fingerprint density at radius 1 is 1.16 bits per heavy atom. The zero-order valence-electron chi connectivity index (χ0n) is 17.4. The molecule has 0 bridgehead atoms. The molecular formula is C24H42O. The van der Waals surface area contributed by atoms with Crippen LogP contribution in [0.3, 0.4) is 0 Å². The first-order valence-electron chi connectivity index (χ1n) is 11.0. The largest absolute Gasteiger partial charge is 0.299 e. The fourth-order valence-electron chi connectivity index (χ4n) is 6.12. The van der Waals surface area contributed by atoms with Gasteiger partial charge < -0.3 is 0 Å². The number of rotatable bonds is 10. The predicted molar refractivity (Wildman–Crippen MR) is 109 cm³/mol. The van der Waals surface area contributed by atoms with Gasteiger partial charge in [0.05, 0.1) is 0 Å². The van der Waals surface area contributed by atoms with Crippen molar-refractivity contribution < 1.29 is 4.79 Å². The van der Waals surface area contributed by atoms with Crippen LogP contribution in [0.2, 0.25) is 0 Å². The van der Waals surface area contributed by atoms with Gasteiger partial charge in [0.1, 0.15) is 5.78 Å². The first kappa shape index (κ1) is 20.7. The molecular weight excluding hydrogens is 304 g/mol. The summed E-state index contributed by atoms with van der Waals surface area (Å²) in [5.41, 5.74) is 0.287. The predicted octanol–water partition coefficient (Wildman–Crippen LogP) is 7.21. The van der Waals surface area contributed by atoms with Crippen LogP contribution in [0.25, 0.3) is 0 Å². The molecule has 0 unspecified atom stereocenters. The first-order chi connectivity index (χ1) is 11.9. The van der Waals surface area contributed by atoms with Crippen LogP contribution in [0.15, 0.2) is 12.7 Å².